The van der Waals surface area contributed by atoms with Crippen molar-refractivity contribution in [3.8, 4) is 5.75 Å². The lowest BCUT2D eigenvalue weighted by Gasteiger charge is -2.34. The van der Waals surface area contributed by atoms with E-state index < -0.39 is 0 Å². The van der Waals surface area contributed by atoms with Gasteiger partial charge in [-0.2, -0.15) is 0 Å². The zero-order chi connectivity index (χ0) is 26.1. The fraction of sp³-hybridized carbons (Fsp3) is 0.500. The average Bonchev–Trinajstić information content (AvgIpc) is 2.83. The van der Waals surface area contributed by atoms with Crippen molar-refractivity contribution in [2.75, 3.05) is 27.2 Å². The van der Waals surface area contributed by atoms with Crippen molar-refractivity contribution in [3.63, 3.8) is 0 Å². The van der Waals surface area contributed by atoms with E-state index in [2.05, 4.69) is 24.1 Å². The predicted octanol–water partition coefficient (Wildman–Crippen LogP) is 5.01. The van der Waals surface area contributed by atoms with Gasteiger partial charge in [0.05, 0.1) is 5.25 Å². The number of aldehydes is 1. The molecule has 0 bridgehead atoms. The second-order valence-corrected chi connectivity index (χ2v) is 10.4. The highest BCUT2D eigenvalue weighted by Crippen LogP contribution is 2.35. The first kappa shape index (κ1) is 30.7. The van der Waals surface area contributed by atoms with Gasteiger partial charge in [0, 0.05) is 10.5 Å². The number of hydrogen-bond acceptors (Lipinski definition) is 6. The fourth-order valence-corrected chi connectivity index (χ4v) is 4.77. The minimum Gasteiger partial charge on any atom is -0.458 e. The van der Waals surface area contributed by atoms with Crippen LogP contribution in [0.5, 0.6) is 5.75 Å². The van der Waals surface area contributed by atoms with Gasteiger partial charge in [-0.3, -0.25) is 9.59 Å². The van der Waals surface area contributed by atoms with Gasteiger partial charge in [0.1, 0.15) is 17.8 Å². The Kier molecular flexibility index (Phi) is 15.0. The summed E-state index contributed by atoms with van der Waals surface area (Å²) in [6, 6.07) is 7.53. The van der Waals surface area contributed by atoms with Crippen molar-refractivity contribution in [3.05, 3.63) is 60.4 Å². The maximum atomic E-state index is 12.0. The Morgan fingerprint density at radius 2 is 1.86 bits per heavy atom. The van der Waals surface area contributed by atoms with Gasteiger partial charge in [0.15, 0.2) is 0 Å². The molecule has 1 aliphatic rings. The van der Waals surface area contributed by atoms with Gasteiger partial charge >= 0.3 is 0 Å². The largest absolute Gasteiger partial charge is 0.458 e. The molecule has 0 aromatic heterocycles. The summed E-state index contributed by atoms with van der Waals surface area (Å²) in [5, 5.41) is 5.94. The van der Waals surface area contributed by atoms with E-state index in [1.54, 1.807) is 25.2 Å². The molecule has 1 aromatic rings. The molecule has 1 aliphatic heterocycles. The summed E-state index contributed by atoms with van der Waals surface area (Å²) < 4.78 is 5.68. The van der Waals surface area contributed by atoms with Gasteiger partial charge in [0.25, 0.3) is 0 Å². The number of rotatable bonds is 13. The van der Waals surface area contributed by atoms with Crippen LogP contribution in [-0.4, -0.2) is 44.6 Å². The summed E-state index contributed by atoms with van der Waals surface area (Å²) in [4.78, 5) is 23.8. The maximum Gasteiger partial charge on any atom is 0.230 e. The molecular formula is C28H43N3O3S. The zero-order valence-corrected chi connectivity index (χ0v) is 22.6. The molecule has 2 rings (SSSR count). The molecule has 1 amide bonds. The van der Waals surface area contributed by atoms with Crippen LogP contribution in [0.15, 0.2) is 65.3 Å². The number of carbonyl (C=O) groups excluding carboxylic acids is 2. The van der Waals surface area contributed by atoms with E-state index in [-0.39, 0.29) is 11.2 Å². The van der Waals surface area contributed by atoms with Crippen LogP contribution in [0.2, 0.25) is 0 Å². The predicted molar refractivity (Wildman–Crippen MR) is 148 cm³/mol. The number of nitrogens with two attached hydrogens (primary N) is 1. The number of hydrogen-bond donors (Lipinski definition) is 3. The van der Waals surface area contributed by atoms with E-state index in [4.69, 9.17) is 10.5 Å². The molecule has 1 saturated heterocycles. The average molecular weight is 502 g/mol. The number of unbranched alkanes of at least 4 members (excludes halogenated alkanes) is 1. The molecule has 0 radical (unpaired) electrons. The van der Waals surface area contributed by atoms with Crippen molar-refractivity contribution >= 4 is 24.0 Å². The summed E-state index contributed by atoms with van der Waals surface area (Å²) in [6.07, 6.45) is 12.4. The standard InChI is InChI=1S/C26H36N2O3S.C2H7N/c1-4-21(19-29)9-8-20(2)31-22-10-12-23(13-11-22)32-24(25(27)30)7-5-6-14-26(3)15-17-28-18-16-26;1-3-2/h4,8-13,19,24,28H,2,5-7,14-18H2,1,3H3,(H2,27,30);3H,1-2H3/b9-8-,21-4+;. The number of amides is 1. The summed E-state index contributed by atoms with van der Waals surface area (Å²) in [5.74, 6) is 0.809. The molecule has 0 aliphatic carbocycles. The van der Waals surface area contributed by atoms with E-state index in [0.29, 0.717) is 22.5 Å². The molecule has 4 N–H and O–H groups in total. The molecule has 0 saturated carbocycles. The first-order valence-corrected chi connectivity index (χ1v) is 13.2. The lowest BCUT2D eigenvalue weighted by atomic mass is 9.77. The van der Waals surface area contributed by atoms with Gasteiger partial charge in [-0.1, -0.05) is 32.4 Å². The van der Waals surface area contributed by atoms with Crippen LogP contribution >= 0.6 is 11.8 Å². The molecular weight excluding hydrogens is 458 g/mol. The van der Waals surface area contributed by atoms with E-state index in [9.17, 15) is 9.59 Å². The van der Waals surface area contributed by atoms with Crippen molar-refractivity contribution in [2.45, 2.75) is 62.5 Å². The lowest BCUT2D eigenvalue weighted by molar-refractivity contribution is -0.117. The maximum absolute atomic E-state index is 12.0. The number of allylic oxidation sites excluding steroid dienone is 4. The van der Waals surface area contributed by atoms with E-state index in [0.717, 1.165) is 43.5 Å². The van der Waals surface area contributed by atoms with Crippen molar-refractivity contribution < 1.29 is 14.3 Å². The van der Waals surface area contributed by atoms with Crippen LogP contribution in [0.4, 0.5) is 0 Å². The molecule has 1 heterocycles. The lowest BCUT2D eigenvalue weighted by Crippen LogP contribution is -2.34. The third-order valence-corrected chi connectivity index (χ3v) is 7.20. The monoisotopic (exact) mass is 501 g/mol. The molecule has 1 unspecified atom stereocenters. The van der Waals surface area contributed by atoms with Crippen LogP contribution in [0.3, 0.4) is 0 Å². The Hall–Kier alpha value is -2.35. The normalized spacial score (nSPS) is 16.2. The van der Waals surface area contributed by atoms with E-state index in [1.165, 1.54) is 31.0 Å². The number of thioether (sulfide) groups is 1. The Morgan fingerprint density at radius 3 is 2.40 bits per heavy atom. The Bertz CT molecular complexity index is 844. The summed E-state index contributed by atoms with van der Waals surface area (Å²) in [5.41, 5.74) is 6.66. The van der Waals surface area contributed by atoms with Crippen molar-refractivity contribution in [1.29, 1.82) is 0 Å². The molecule has 35 heavy (non-hydrogen) atoms. The van der Waals surface area contributed by atoms with Crippen molar-refractivity contribution in [2.24, 2.45) is 11.1 Å². The van der Waals surface area contributed by atoms with Gasteiger partial charge in [0.2, 0.25) is 5.91 Å². The number of piperidine rings is 1. The third kappa shape index (κ3) is 12.8. The van der Waals surface area contributed by atoms with Gasteiger partial charge in [-0.15, -0.1) is 11.8 Å². The minimum atomic E-state index is -0.267. The van der Waals surface area contributed by atoms with Crippen LogP contribution < -0.4 is 21.1 Å². The first-order chi connectivity index (χ1) is 16.8. The van der Waals surface area contributed by atoms with Crippen LogP contribution in [0.1, 0.15) is 52.4 Å². The summed E-state index contributed by atoms with van der Waals surface area (Å²) in [6.45, 7) is 10.2. The molecule has 6 nitrogen and oxygen atoms in total. The third-order valence-electron chi connectivity index (χ3n) is 5.91. The zero-order valence-electron chi connectivity index (χ0n) is 21.8. The topological polar surface area (TPSA) is 93.4 Å². The summed E-state index contributed by atoms with van der Waals surface area (Å²) >= 11 is 1.51. The quantitative estimate of drug-likeness (QED) is 0.0878. The molecule has 1 fully saturated rings. The van der Waals surface area contributed by atoms with Gasteiger partial charge in [-0.05, 0) is 102 Å². The fourth-order valence-electron chi connectivity index (χ4n) is 3.75. The second-order valence-electron chi connectivity index (χ2n) is 9.09. The Balaban J connectivity index is 0.00000194. The first-order valence-electron chi connectivity index (χ1n) is 12.3. The van der Waals surface area contributed by atoms with E-state index >= 15 is 0 Å². The second kappa shape index (κ2) is 17.1. The number of ether oxygens (including phenoxy) is 1. The smallest absolute Gasteiger partial charge is 0.230 e. The number of nitrogens with one attached hydrogen (secondary N) is 2. The number of carbonyl (C=O) groups is 2. The number of benzene rings is 1. The Labute approximate surface area is 215 Å². The summed E-state index contributed by atoms with van der Waals surface area (Å²) in [7, 11) is 3.75. The van der Waals surface area contributed by atoms with Crippen LogP contribution in [0.25, 0.3) is 0 Å². The highest BCUT2D eigenvalue weighted by atomic mass is 32.2. The number of primary amides is 1. The van der Waals surface area contributed by atoms with Crippen LogP contribution in [-0.2, 0) is 9.59 Å². The van der Waals surface area contributed by atoms with E-state index in [1.807, 2.05) is 38.4 Å². The highest BCUT2D eigenvalue weighted by Gasteiger charge is 2.26. The molecule has 194 valence electrons. The van der Waals surface area contributed by atoms with Gasteiger partial charge in [-0.25, -0.2) is 0 Å². The minimum absolute atomic E-state index is 0.233. The molecule has 7 heteroatoms. The molecule has 1 atom stereocenters. The highest BCUT2D eigenvalue weighted by molar-refractivity contribution is 8.00. The van der Waals surface area contributed by atoms with Crippen LogP contribution in [0, 0.1) is 5.41 Å². The molecule has 0 spiro atoms. The SMILES string of the molecule is C=C(/C=C\C(C=O)=C/C)Oc1ccc(SC(CCCCC2(C)CCNCC2)C(N)=O)cc1.CNC. The molecule has 1 aromatic carbocycles. The van der Waals surface area contributed by atoms with Crippen molar-refractivity contribution in [1.82, 2.24) is 10.6 Å². The Morgan fingerprint density at radius 1 is 1.23 bits per heavy atom. The van der Waals surface area contributed by atoms with Gasteiger partial charge < -0.3 is 21.1 Å².